The van der Waals surface area contributed by atoms with E-state index in [1.165, 1.54) is 15.8 Å². The molecule has 0 amide bonds. The maximum absolute atomic E-state index is 4.36. The van der Waals surface area contributed by atoms with E-state index in [4.69, 9.17) is 0 Å². The number of nitrogens with zero attached hydrogens (tertiary/aromatic N) is 1. The molecule has 3 aromatic rings. The molecule has 0 saturated carbocycles. The van der Waals surface area contributed by atoms with Crippen molar-refractivity contribution in [3.8, 4) is 10.4 Å². The number of hydrogen-bond donors (Lipinski definition) is 0. The van der Waals surface area contributed by atoms with Crippen molar-refractivity contribution in [2.24, 2.45) is 0 Å². The van der Waals surface area contributed by atoms with Crippen molar-refractivity contribution in [3.05, 3.63) is 54.0 Å². The molecule has 0 aliphatic rings. The Morgan fingerprint density at radius 1 is 1.00 bits per heavy atom. The van der Waals surface area contributed by atoms with Gasteiger partial charge in [-0.3, -0.25) is 4.98 Å². The smallest absolute Gasteiger partial charge is 0.0708 e. The molecule has 1 aromatic carbocycles. The Kier molecular flexibility index (Phi) is 2.00. The van der Waals surface area contributed by atoms with Gasteiger partial charge in [-0.05, 0) is 29.1 Å². The van der Waals surface area contributed by atoms with Crippen LogP contribution in [0, 0.1) is 0 Å². The molecule has 2 heterocycles. The van der Waals surface area contributed by atoms with E-state index in [1.807, 2.05) is 12.3 Å². The number of rotatable bonds is 1. The fraction of sp³-hybridized carbons (Fsp3) is 0. The molecule has 0 atom stereocenters. The molecule has 0 fully saturated rings. The first-order valence-corrected chi connectivity index (χ1v) is 5.70. The van der Waals surface area contributed by atoms with Crippen LogP contribution in [0.2, 0.25) is 0 Å². The predicted octanol–water partition coefficient (Wildman–Crippen LogP) is 3.96. The summed E-state index contributed by atoms with van der Waals surface area (Å²) in [4.78, 5) is 5.65. The van der Waals surface area contributed by atoms with Gasteiger partial charge in [0.15, 0.2) is 0 Å². The zero-order chi connectivity index (χ0) is 10.1. The van der Waals surface area contributed by atoms with Gasteiger partial charge in [0.2, 0.25) is 0 Å². The zero-order valence-electron chi connectivity index (χ0n) is 8.05. The molecule has 0 saturated heterocycles. The van der Waals surface area contributed by atoms with Crippen LogP contribution in [0.3, 0.4) is 0 Å². The molecule has 3 rings (SSSR count). The van der Waals surface area contributed by atoms with Gasteiger partial charge in [-0.25, -0.2) is 0 Å². The van der Waals surface area contributed by atoms with E-state index in [1.54, 1.807) is 11.3 Å². The lowest BCUT2D eigenvalue weighted by Crippen LogP contribution is -1.78. The summed E-state index contributed by atoms with van der Waals surface area (Å²) in [5.41, 5.74) is 2.31. The van der Waals surface area contributed by atoms with Crippen LogP contribution in [0.1, 0.15) is 0 Å². The van der Waals surface area contributed by atoms with Gasteiger partial charge in [0.05, 0.1) is 5.52 Å². The van der Waals surface area contributed by atoms with Gasteiger partial charge in [0.1, 0.15) is 0 Å². The number of benzene rings is 1. The molecular formula is C13H9NS. The Bertz CT molecular complexity index is 584. The van der Waals surface area contributed by atoms with E-state index in [2.05, 4.69) is 46.8 Å². The van der Waals surface area contributed by atoms with E-state index in [0.717, 1.165) is 5.52 Å². The van der Waals surface area contributed by atoms with Gasteiger partial charge in [0.25, 0.3) is 0 Å². The Morgan fingerprint density at radius 2 is 2.00 bits per heavy atom. The molecule has 72 valence electrons. The van der Waals surface area contributed by atoms with Crippen molar-refractivity contribution in [1.82, 2.24) is 4.98 Å². The maximum atomic E-state index is 4.36. The van der Waals surface area contributed by atoms with E-state index < -0.39 is 0 Å². The van der Waals surface area contributed by atoms with Gasteiger partial charge in [0, 0.05) is 16.5 Å². The van der Waals surface area contributed by atoms with Crippen molar-refractivity contribution in [3.63, 3.8) is 0 Å². The molecule has 0 spiro atoms. The molecule has 1 nitrogen and oxygen atoms in total. The Hall–Kier alpha value is -1.67. The zero-order valence-corrected chi connectivity index (χ0v) is 8.87. The Balaban J connectivity index is 2.22. The van der Waals surface area contributed by atoms with E-state index in [9.17, 15) is 0 Å². The normalized spacial score (nSPS) is 10.7. The van der Waals surface area contributed by atoms with Crippen LogP contribution in [0.5, 0.6) is 0 Å². The van der Waals surface area contributed by atoms with E-state index in [0.29, 0.717) is 0 Å². The highest BCUT2D eigenvalue weighted by molar-refractivity contribution is 7.13. The van der Waals surface area contributed by atoms with Crippen LogP contribution >= 0.6 is 11.3 Å². The molecule has 15 heavy (non-hydrogen) atoms. The van der Waals surface area contributed by atoms with Crippen LogP contribution in [0.15, 0.2) is 54.0 Å². The number of aromatic nitrogens is 1. The number of hydrogen-bond acceptors (Lipinski definition) is 2. The molecule has 0 N–H and O–H groups in total. The molecule has 0 radical (unpaired) electrons. The lowest BCUT2D eigenvalue weighted by Gasteiger charge is -2.00. The minimum absolute atomic E-state index is 1.06. The SMILES string of the molecule is c1csc(-c2ccc3cccnc3c2)c1. The molecule has 0 unspecified atom stereocenters. The highest BCUT2D eigenvalue weighted by Gasteiger charge is 2.00. The van der Waals surface area contributed by atoms with Crippen LogP contribution in [-0.2, 0) is 0 Å². The van der Waals surface area contributed by atoms with Gasteiger partial charge in [-0.15, -0.1) is 11.3 Å². The summed E-state index contributed by atoms with van der Waals surface area (Å²) in [7, 11) is 0. The largest absolute Gasteiger partial charge is 0.256 e. The highest BCUT2D eigenvalue weighted by Crippen LogP contribution is 2.26. The van der Waals surface area contributed by atoms with Crippen LogP contribution in [0.25, 0.3) is 21.3 Å². The van der Waals surface area contributed by atoms with E-state index >= 15 is 0 Å². The van der Waals surface area contributed by atoms with Crippen molar-refractivity contribution >= 4 is 22.2 Å². The second-order valence-corrected chi connectivity index (χ2v) is 4.34. The first-order valence-electron chi connectivity index (χ1n) is 4.82. The molecule has 0 aliphatic heterocycles. The predicted molar refractivity (Wildman–Crippen MR) is 65.1 cm³/mol. The fourth-order valence-corrected chi connectivity index (χ4v) is 2.39. The highest BCUT2D eigenvalue weighted by atomic mass is 32.1. The monoisotopic (exact) mass is 211 g/mol. The number of pyridine rings is 1. The topological polar surface area (TPSA) is 12.9 Å². The first-order chi connectivity index (χ1) is 7.43. The van der Waals surface area contributed by atoms with Crippen molar-refractivity contribution < 1.29 is 0 Å². The summed E-state index contributed by atoms with van der Waals surface area (Å²) in [6.07, 6.45) is 1.83. The second kappa shape index (κ2) is 3.48. The van der Waals surface area contributed by atoms with Crippen LogP contribution < -0.4 is 0 Å². The van der Waals surface area contributed by atoms with Gasteiger partial charge < -0.3 is 0 Å². The average molecular weight is 211 g/mol. The minimum Gasteiger partial charge on any atom is -0.256 e. The number of thiophene rings is 1. The summed E-state index contributed by atoms with van der Waals surface area (Å²) < 4.78 is 0. The second-order valence-electron chi connectivity index (χ2n) is 3.39. The quantitative estimate of drug-likeness (QED) is 0.593. The standard InChI is InChI=1S/C13H9NS/c1-3-10-5-6-11(9-12(10)14-7-1)13-4-2-8-15-13/h1-9H. The van der Waals surface area contributed by atoms with Gasteiger partial charge in [-0.1, -0.05) is 24.3 Å². The fourth-order valence-electron chi connectivity index (χ4n) is 1.66. The lowest BCUT2D eigenvalue weighted by molar-refractivity contribution is 1.41. The minimum atomic E-state index is 1.06. The average Bonchev–Trinajstić information content (AvgIpc) is 2.82. The van der Waals surface area contributed by atoms with Crippen molar-refractivity contribution in [2.45, 2.75) is 0 Å². The molecule has 2 aromatic heterocycles. The third-order valence-electron chi connectivity index (χ3n) is 2.41. The summed E-state index contributed by atoms with van der Waals surface area (Å²) in [5, 5.41) is 3.29. The number of fused-ring (bicyclic) bond motifs is 1. The van der Waals surface area contributed by atoms with Crippen molar-refractivity contribution in [1.29, 1.82) is 0 Å². The third-order valence-corrected chi connectivity index (χ3v) is 3.33. The Morgan fingerprint density at radius 3 is 2.87 bits per heavy atom. The molecular weight excluding hydrogens is 202 g/mol. The van der Waals surface area contributed by atoms with E-state index in [-0.39, 0.29) is 0 Å². The lowest BCUT2D eigenvalue weighted by atomic mass is 10.1. The summed E-state index contributed by atoms with van der Waals surface area (Å²) in [6, 6.07) is 14.7. The molecule has 0 aliphatic carbocycles. The first kappa shape index (κ1) is 8.62. The summed E-state index contributed by atoms with van der Waals surface area (Å²) in [6.45, 7) is 0. The Labute approximate surface area is 92.0 Å². The summed E-state index contributed by atoms with van der Waals surface area (Å²) >= 11 is 1.76. The van der Waals surface area contributed by atoms with Crippen LogP contribution in [0.4, 0.5) is 0 Å². The van der Waals surface area contributed by atoms with Crippen LogP contribution in [-0.4, -0.2) is 4.98 Å². The summed E-state index contributed by atoms with van der Waals surface area (Å²) in [5.74, 6) is 0. The third kappa shape index (κ3) is 1.53. The molecule has 0 bridgehead atoms. The van der Waals surface area contributed by atoms with Gasteiger partial charge in [-0.2, -0.15) is 0 Å². The van der Waals surface area contributed by atoms with Crippen molar-refractivity contribution in [2.75, 3.05) is 0 Å². The van der Waals surface area contributed by atoms with Gasteiger partial charge >= 0.3 is 0 Å². The maximum Gasteiger partial charge on any atom is 0.0708 e. The molecule has 2 heteroatoms.